The summed E-state index contributed by atoms with van der Waals surface area (Å²) in [5.41, 5.74) is 2.19. The molecular weight excluding hydrogens is 362 g/mol. The van der Waals surface area contributed by atoms with Gasteiger partial charge in [-0.2, -0.15) is 0 Å². The molecule has 3 rings (SSSR count). The maximum absolute atomic E-state index is 11.7. The Morgan fingerprint density at radius 2 is 1.48 bits per heavy atom. The van der Waals surface area contributed by atoms with Gasteiger partial charge in [-0.15, -0.1) is 0 Å². The number of ether oxygens (including phenoxy) is 2. The monoisotopic (exact) mass is 395 g/mol. The minimum atomic E-state index is -0.287. The molecule has 1 fully saturated rings. The van der Waals surface area contributed by atoms with Gasteiger partial charge in [-0.05, 0) is 37.8 Å². The lowest BCUT2D eigenvalue weighted by molar-refractivity contribution is -0.152. The van der Waals surface area contributed by atoms with Crippen LogP contribution in [0.1, 0.15) is 57.3 Å². The van der Waals surface area contributed by atoms with E-state index in [1.807, 2.05) is 36.4 Å². The van der Waals surface area contributed by atoms with Crippen molar-refractivity contribution >= 4 is 5.97 Å². The van der Waals surface area contributed by atoms with Crippen molar-refractivity contribution in [3.05, 3.63) is 71.8 Å². The van der Waals surface area contributed by atoms with E-state index in [1.165, 1.54) is 26.2 Å². The number of carbonyl (C=O) groups excluding carboxylic acids is 1. The van der Waals surface area contributed by atoms with Crippen molar-refractivity contribution in [3.8, 4) is 0 Å². The zero-order valence-corrected chi connectivity index (χ0v) is 17.8. The quantitative estimate of drug-likeness (QED) is 0.591. The Morgan fingerprint density at radius 1 is 0.966 bits per heavy atom. The van der Waals surface area contributed by atoms with Crippen LogP contribution >= 0.6 is 0 Å². The predicted octanol–water partition coefficient (Wildman–Crippen LogP) is 4.99. The molecule has 3 atom stereocenters. The molecule has 0 radical (unpaired) electrons. The fourth-order valence-electron chi connectivity index (χ4n) is 4.27. The van der Waals surface area contributed by atoms with Crippen molar-refractivity contribution in [2.75, 3.05) is 13.2 Å². The highest BCUT2D eigenvalue weighted by Crippen LogP contribution is 2.27. The van der Waals surface area contributed by atoms with Crippen LogP contribution in [-0.4, -0.2) is 42.2 Å². The molecule has 1 aliphatic heterocycles. The summed E-state index contributed by atoms with van der Waals surface area (Å²) >= 11 is 0. The van der Waals surface area contributed by atoms with Crippen molar-refractivity contribution < 1.29 is 14.3 Å². The Hall–Kier alpha value is -2.17. The number of rotatable bonds is 8. The molecular formula is C25H33NO3. The highest BCUT2D eigenvalue weighted by atomic mass is 16.6. The Labute approximate surface area is 174 Å². The smallest absolute Gasteiger partial charge is 0.303 e. The number of benzene rings is 2. The number of piperidine rings is 1. The molecule has 0 amide bonds. The Balaban J connectivity index is 1.74. The lowest BCUT2D eigenvalue weighted by atomic mass is 9.97. The molecule has 0 aromatic heterocycles. The number of esters is 1. The number of likely N-dealkylation sites (tertiary alicyclic amines) is 1. The summed E-state index contributed by atoms with van der Waals surface area (Å²) in [7, 11) is 0. The first-order valence-corrected chi connectivity index (χ1v) is 10.7. The molecule has 0 N–H and O–H groups in total. The maximum atomic E-state index is 11.7. The fraction of sp³-hybridized carbons (Fsp3) is 0.480. The zero-order valence-electron chi connectivity index (χ0n) is 17.8. The second-order valence-corrected chi connectivity index (χ2v) is 8.09. The van der Waals surface area contributed by atoms with Crippen molar-refractivity contribution in [2.45, 2.75) is 64.3 Å². The first kappa shape index (κ1) is 21.5. The number of nitrogens with zero attached hydrogens (tertiary/aromatic N) is 1. The predicted molar refractivity (Wildman–Crippen MR) is 116 cm³/mol. The highest BCUT2D eigenvalue weighted by Gasteiger charge is 2.29. The van der Waals surface area contributed by atoms with Crippen LogP contribution in [-0.2, 0) is 14.3 Å². The summed E-state index contributed by atoms with van der Waals surface area (Å²) in [5.74, 6) is -0.258. The molecule has 1 heterocycles. The van der Waals surface area contributed by atoms with Crippen molar-refractivity contribution in [1.29, 1.82) is 0 Å². The van der Waals surface area contributed by atoms with E-state index in [9.17, 15) is 4.79 Å². The van der Waals surface area contributed by atoms with Gasteiger partial charge in [0.15, 0.2) is 0 Å². The molecule has 4 heteroatoms. The van der Waals surface area contributed by atoms with Gasteiger partial charge in [-0.3, -0.25) is 9.69 Å². The lowest BCUT2D eigenvalue weighted by Crippen LogP contribution is -2.49. The third-order valence-electron chi connectivity index (χ3n) is 5.78. The second kappa shape index (κ2) is 10.6. The molecule has 0 aliphatic carbocycles. The number of carbonyl (C=O) groups is 1. The van der Waals surface area contributed by atoms with E-state index in [0.717, 1.165) is 11.1 Å². The van der Waals surface area contributed by atoms with E-state index < -0.39 is 0 Å². The van der Waals surface area contributed by atoms with Gasteiger partial charge in [0.2, 0.25) is 0 Å². The molecule has 2 aromatic rings. The summed E-state index contributed by atoms with van der Waals surface area (Å²) in [4.78, 5) is 14.2. The van der Waals surface area contributed by atoms with E-state index in [1.54, 1.807) is 0 Å². The topological polar surface area (TPSA) is 38.8 Å². The van der Waals surface area contributed by atoms with Crippen molar-refractivity contribution in [1.82, 2.24) is 4.90 Å². The third kappa shape index (κ3) is 6.15. The van der Waals surface area contributed by atoms with Gasteiger partial charge in [-0.25, -0.2) is 0 Å². The van der Waals surface area contributed by atoms with Gasteiger partial charge in [0, 0.05) is 25.6 Å². The molecule has 156 valence electrons. The average Bonchev–Trinajstić information content (AvgIpc) is 2.72. The molecule has 0 bridgehead atoms. The summed E-state index contributed by atoms with van der Waals surface area (Å²) in [6, 6.07) is 21.4. The summed E-state index contributed by atoms with van der Waals surface area (Å²) in [6.45, 7) is 7.07. The van der Waals surface area contributed by atoms with Crippen LogP contribution in [0.2, 0.25) is 0 Å². The highest BCUT2D eigenvalue weighted by molar-refractivity contribution is 5.66. The van der Waals surface area contributed by atoms with Crippen LogP contribution in [0.4, 0.5) is 0 Å². The normalized spacial score (nSPS) is 21.1. The van der Waals surface area contributed by atoms with Gasteiger partial charge in [-0.1, -0.05) is 67.1 Å². The Bertz CT molecular complexity index is 700. The SMILES string of the molecule is CC(=O)OC(COC(c1ccccc1)c1ccccc1)CN1C(C)CCCC1C. The third-order valence-corrected chi connectivity index (χ3v) is 5.78. The van der Waals surface area contributed by atoms with Crippen LogP contribution in [0, 0.1) is 0 Å². The zero-order chi connectivity index (χ0) is 20.6. The molecule has 2 aromatic carbocycles. The second-order valence-electron chi connectivity index (χ2n) is 8.09. The van der Waals surface area contributed by atoms with Gasteiger partial charge in [0.05, 0.1) is 6.61 Å². The Morgan fingerprint density at radius 3 is 1.97 bits per heavy atom. The minimum Gasteiger partial charge on any atom is -0.459 e. The van der Waals surface area contributed by atoms with Crippen molar-refractivity contribution in [3.63, 3.8) is 0 Å². The first-order valence-electron chi connectivity index (χ1n) is 10.7. The van der Waals surface area contributed by atoms with Crippen LogP contribution in [0.15, 0.2) is 60.7 Å². The molecule has 4 nitrogen and oxygen atoms in total. The van der Waals surface area contributed by atoms with Crippen LogP contribution < -0.4 is 0 Å². The van der Waals surface area contributed by atoms with E-state index >= 15 is 0 Å². The van der Waals surface area contributed by atoms with Gasteiger partial charge >= 0.3 is 5.97 Å². The fourth-order valence-corrected chi connectivity index (χ4v) is 4.27. The Kier molecular flexibility index (Phi) is 7.84. The maximum Gasteiger partial charge on any atom is 0.303 e. The number of hydrogen-bond acceptors (Lipinski definition) is 4. The van der Waals surface area contributed by atoms with E-state index in [4.69, 9.17) is 9.47 Å². The van der Waals surface area contributed by atoms with Gasteiger partial charge < -0.3 is 9.47 Å². The molecule has 0 spiro atoms. The molecule has 1 saturated heterocycles. The standard InChI is InChI=1S/C25H33NO3/c1-19-11-10-12-20(2)26(19)17-24(29-21(3)27)18-28-25(22-13-6-4-7-14-22)23-15-8-5-9-16-23/h4-9,13-16,19-20,24-25H,10-12,17-18H2,1-3H3. The summed E-state index contributed by atoms with van der Waals surface area (Å²) in [5, 5.41) is 0. The molecule has 1 aliphatic rings. The lowest BCUT2D eigenvalue weighted by Gasteiger charge is -2.40. The minimum absolute atomic E-state index is 0.188. The van der Waals surface area contributed by atoms with Crippen molar-refractivity contribution in [2.24, 2.45) is 0 Å². The average molecular weight is 396 g/mol. The summed E-state index contributed by atoms with van der Waals surface area (Å²) < 4.78 is 12.1. The van der Waals surface area contributed by atoms with Crippen LogP contribution in [0.25, 0.3) is 0 Å². The number of hydrogen-bond donors (Lipinski definition) is 0. The van der Waals surface area contributed by atoms with E-state index in [0.29, 0.717) is 25.2 Å². The largest absolute Gasteiger partial charge is 0.459 e. The van der Waals surface area contributed by atoms with E-state index in [2.05, 4.69) is 43.0 Å². The molecule has 3 unspecified atom stereocenters. The summed E-state index contributed by atoms with van der Waals surface area (Å²) in [6.07, 6.45) is 3.16. The van der Waals surface area contributed by atoms with Crippen LogP contribution in [0.3, 0.4) is 0 Å². The van der Waals surface area contributed by atoms with Gasteiger partial charge in [0.25, 0.3) is 0 Å². The van der Waals surface area contributed by atoms with E-state index in [-0.39, 0.29) is 18.2 Å². The van der Waals surface area contributed by atoms with Crippen LogP contribution in [0.5, 0.6) is 0 Å². The molecule has 29 heavy (non-hydrogen) atoms. The van der Waals surface area contributed by atoms with Gasteiger partial charge in [0.1, 0.15) is 12.2 Å². The first-order chi connectivity index (χ1) is 14.0. The molecule has 0 saturated carbocycles.